The van der Waals surface area contributed by atoms with E-state index >= 15 is 0 Å². The molecule has 366 valence electrons. The molecular formula is C50H63Cl2N7O8S. The van der Waals surface area contributed by atoms with Gasteiger partial charge in [0, 0.05) is 62.9 Å². The number of hydrogen-bond acceptors (Lipinski definition) is 11. The van der Waals surface area contributed by atoms with Crippen LogP contribution in [0, 0.1) is 12.8 Å². The molecule has 0 bridgehead atoms. The first-order valence-electron chi connectivity index (χ1n) is 22.9. The maximum atomic E-state index is 12.8. The van der Waals surface area contributed by atoms with Crippen LogP contribution in [-0.2, 0) is 61.1 Å². The maximum Gasteiger partial charge on any atom is 0.242 e. The summed E-state index contributed by atoms with van der Waals surface area (Å²) in [5.41, 5.74) is 8.58. The maximum absolute atomic E-state index is 12.8. The normalized spacial score (nSPS) is 13.8. The second-order valence-electron chi connectivity index (χ2n) is 16.9. The Morgan fingerprint density at radius 3 is 2.28 bits per heavy atom. The third kappa shape index (κ3) is 17.9. The molecule has 1 unspecified atom stereocenters. The van der Waals surface area contributed by atoms with E-state index < -0.39 is 6.10 Å². The van der Waals surface area contributed by atoms with Crippen molar-refractivity contribution in [2.75, 3.05) is 52.7 Å². The van der Waals surface area contributed by atoms with E-state index in [1.54, 1.807) is 34.4 Å². The molecule has 2 aliphatic rings. The second-order valence-corrected chi connectivity index (χ2v) is 18.6. The van der Waals surface area contributed by atoms with Gasteiger partial charge in [0.25, 0.3) is 0 Å². The molecule has 0 radical (unpaired) electrons. The van der Waals surface area contributed by atoms with E-state index in [9.17, 15) is 24.3 Å². The van der Waals surface area contributed by atoms with Crippen molar-refractivity contribution in [1.82, 2.24) is 35.4 Å². The minimum atomic E-state index is -0.489. The van der Waals surface area contributed by atoms with Crippen molar-refractivity contribution in [3.05, 3.63) is 111 Å². The molecule has 3 aromatic carbocycles. The largest absolute Gasteiger partial charge is 0.491 e. The first-order chi connectivity index (χ1) is 32.8. The van der Waals surface area contributed by atoms with Crippen LogP contribution in [0.5, 0.6) is 5.75 Å². The van der Waals surface area contributed by atoms with Crippen molar-refractivity contribution in [2.24, 2.45) is 5.92 Å². The highest BCUT2D eigenvalue weighted by Crippen LogP contribution is 2.29. The number of benzene rings is 3. The van der Waals surface area contributed by atoms with Crippen molar-refractivity contribution >= 4 is 58.7 Å². The second kappa shape index (κ2) is 28.2. The van der Waals surface area contributed by atoms with Crippen molar-refractivity contribution in [1.29, 1.82) is 0 Å². The predicted molar refractivity (Wildman–Crippen MR) is 266 cm³/mol. The van der Waals surface area contributed by atoms with Gasteiger partial charge in [-0.05, 0) is 72.7 Å². The summed E-state index contributed by atoms with van der Waals surface area (Å²) < 4.78 is 19.3. The molecular weight excluding hydrogens is 930 g/mol. The molecule has 4 amide bonds. The molecule has 5 aromatic rings. The monoisotopic (exact) mass is 991 g/mol. The first kappa shape index (κ1) is 53.6. The van der Waals surface area contributed by atoms with E-state index in [1.165, 1.54) is 10.4 Å². The number of hydrogen-bond donors (Lipinski definition) is 4. The number of amides is 4. The number of imidazole rings is 1. The van der Waals surface area contributed by atoms with E-state index in [-0.39, 0.29) is 56.9 Å². The van der Waals surface area contributed by atoms with Crippen LogP contribution in [0.25, 0.3) is 21.7 Å². The first-order valence-corrected chi connectivity index (χ1v) is 24.5. The van der Waals surface area contributed by atoms with Crippen LogP contribution in [-0.4, -0.2) is 107 Å². The molecule has 18 heteroatoms. The molecule has 15 nitrogen and oxygen atoms in total. The van der Waals surface area contributed by atoms with Gasteiger partial charge in [0.05, 0.1) is 77.3 Å². The zero-order chi connectivity index (χ0) is 48.8. The molecule has 0 saturated carbocycles. The quantitative estimate of drug-likeness (QED) is 0.0433. The summed E-state index contributed by atoms with van der Waals surface area (Å²) in [6.07, 6.45) is 5.20. The Kier molecular flexibility index (Phi) is 22.2. The number of nitrogens with one attached hydrogen (secondary N) is 3. The number of likely N-dealkylation sites (tertiary alicyclic amines) is 1. The number of carbonyl (C=O) groups is 4. The molecule has 0 spiro atoms. The van der Waals surface area contributed by atoms with E-state index in [2.05, 4.69) is 64.6 Å². The summed E-state index contributed by atoms with van der Waals surface area (Å²) in [5, 5.41) is 18.6. The van der Waals surface area contributed by atoms with Gasteiger partial charge in [-0.3, -0.25) is 19.2 Å². The highest BCUT2D eigenvalue weighted by molar-refractivity contribution is 7.13. The highest BCUT2D eigenvalue weighted by Gasteiger charge is 2.24. The molecule has 0 aliphatic carbocycles. The van der Waals surface area contributed by atoms with Crippen molar-refractivity contribution in [3.63, 3.8) is 0 Å². The number of halogens is 2. The summed E-state index contributed by atoms with van der Waals surface area (Å²) >= 11 is 13.8. The Morgan fingerprint density at radius 1 is 0.882 bits per heavy atom. The van der Waals surface area contributed by atoms with Crippen LogP contribution in [0.2, 0.25) is 10.0 Å². The lowest BCUT2D eigenvalue weighted by atomic mass is 10.1. The molecule has 4 N–H and O–H groups in total. The number of rotatable bonds is 21. The van der Waals surface area contributed by atoms with Crippen LogP contribution in [0.4, 0.5) is 0 Å². The summed E-state index contributed by atoms with van der Waals surface area (Å²) in [6, 6.07) is 19.1. The Bertz CT molecular complexity index is 2370. The number of nitrogens with zero attached hydrogens (tertiary/aromatic N) is 4. The molecule has 1 fully saturated rings. The van der Waals surface area contributed by atoms with Crippen LogP contribution in [0.1, 0.15) is 68.2 Å². The van der Waals surface area contributed by atoms with Gasteiger partial charge >= 0.3 is 0 Å². The molecule has 68 heavy (non-hydrogen) atoms. The molecule has 2 aromatic heterocycles. The number of aryl methyl sites for hydroxylation is 3. The van der Waals surface area contributed by atoms with Crippen molar-refractivity contribution < 1.29 is 38.5 Å². The third-order valence-corrected chi connectivity index (χ3v) is 12.2. The number of fused-ring (bicyclic) bond motifs is 1. The predicted octanol–water partition coefficient (Wildman–Crippen LogP) is 7.20. The van der Waals surface area contributed by atoms with Gasteiger partial charge in [-0.2, -0.15) is 0 Å². The Labute approximate surface area is 412 Å². The smallest absolute Gasteiger partial charge is 0.242 e. The average Bonchev–Trinajstić information content (AvgIpc) is 4.14. The number of aliphatic hydroxyl groups is 1. The molecule has 1 atom stereocenters. The van der Waals surface area contributed by atoms with Crippen LogP contribution in [0.3, 0.4) is 0 Å². The fourth-order valence-corrected chi connectivity index (χ4v) is 8.19. The lowest BCUT2D eigenvalue weighted by Gasteiger charge is -2.15. The number of aromatic nitrogens is 3. The zero-order valence-electron chi connectivity index (χ0n) is 39.2. The van der Waals surface area contributed by atoms with Gasteiger partial charge in [-0.15, -0.1) is 11.3 Å². The summed E-state index contributed by atoms with van der Waals surface area (Å²) in [6.45, 7) is 12.5. The summed E-state index contributed by atoms with van der Waals surface area (Å²) in [4.78, 5) is 58.8. The molecule has 1 saturated heterocycles. The van der Waals surface area contributed by atoms with Crippen LogP contribution >= 0.6 is 34.5 Å². The number of carbonyl (C=O) groups excluding carboxylic acids is 4. The lowest BCUT2D eigenvalue weighted by molar-refractivity contribution is -0.132. The molecule has 4 heterocycles. The summed E-state index contributed by atoms with van der Waals surface area (Å²) in [5.74, 6) is 1.90. The van der Waals surface area contributed by atoms with Gasteiger partial charge < -0.3 is 44.7 Å². The SMILES string of the molecule is CC(C)C.Cc1ncsc1-c1ccc(CNC=O)cc1.O=C(CCOCCOCCOc1ccc(-c2cn3c(n2)CCC3)cc1CNC(=O)Cc1ccc(Cl)c(Cl)c1)NCC(=O)N1CCC(O)C1. The fraction of sp³-hybridized carbons (Fsp3) is 0.440. The zero-order valence-corrected chi connectivity index (χ0v) is 41.6. The van der Waals surface area contributed by atoms with Crippen molar-refractivity contribution in [2.45, 2.75) is 85.5 Å². The molecule has 2 aliphatic heterocycles. The number of ether oxygens (including phenoxy) is 3. The van der Waals surface area contributed by atoms with Crippen molar-refractivity contribution in [3.8, 4) is 27.4 Å². The third-order valence-electron chi connectivity index (χ3n) is 10.5. The Morgan fingerprint density at radius 2 is 1.60 bits per heavy atom. The van der Waals surface area contributed by atoms with E-state index in [4.69, 9.17) is 42.4 Å². The Hall–Kier alpha value is -5.36. The molecule has 7 rings (SSSR count). The standard InChI is InChI=1S/C34H41Cl2N5O7.C12H12N2OS.C4H10/c35-27-5-3-23(16-28(27)36)17-33(44)37-19-25-18-24(29-22-40-9-1-2-31(40)39-29)4-6-30(25)48-15-14-47-13-12-46-11-8-32(43)38-20-34(45)41-10-7-26(42)21-41;1-9-12(16-8-14-9)11-4-2-10(3-5-11)6-13-7-15;1-4(2)3/h3-6,16,18,22,26,42H,1-2,7-15,17,19-21H2,(H,37,44)(H,38,43);2-5,7-8H,6H2,1H3,(H,13,15);4H,1-3H3. The topological polar surface area (TPSA) is 186 Å². The average molecular weight is 993 g/mol. The van der Waals surface area contributed by atoms with E-state index in [0.29, 0.717) is 68.1 Å². The van der Waals surface area contributed by atoms with Crippen LogP contribution < -0.4 is 20.7 Å². The van der Waals surface area contributed by atoms with Gasteiger partial charge in [0.2, 0.25) is 24.1 Å². The van der Waals surface area contributed by atoms with Gasteiger partial charge in [-0.25, -0.2) is 9.97 Å². The number of aliphatic hydroxyl groups excluding tert-OH is 1. The van der Waals surface area contributed by atoms with E-state index in [0.717, 1.165) is 64.8 Å². The minimum Gasteiger partial charge on any atom is -0.491 e. The minimum absolute atomic E-state index is 0.0878. The van der Waals surface area contributed by atoms with Gasteiger partial charge in [0.15, 0.2) is 0 Å². The van der Waals surface area contributed by atoms with Crippen LogP contribution in [0.15, 0.2) is 72.4 Å². The summed E-state index contributed by atoms with van der Waals surface area (Å²) in [7, 11) is 0. The highest BCUT2D eigenvalue weighted by atomic mass is 35.5. The number of β-amino-alcohol motifs (C(OH)–C–C–N with tert-alkyl or cyclic N) is 1. The Balaban J connectivity index is 0.000000357. The fourth-order valence-electron chi connectivity index (χ4n) is 7.06. The van der Waals surface area contributed by atoms with Gasteiger partial charge in [0.1, 0.15) is 18.2 Å². The lowest BCUT2D eigenvalue weighted by Crippen LogP contribution is -2.39. The van der Waals surface area contributed by atoms with E-state index in [1.807, 2.05) is 42.8 Å². The van der Waals surface area contributed by atoms with Gasteiger partial charge in [-0.1, -0.05) is 74.3 Å². The number of thiazole rings is 1.